The molecule has 1 amide bonds. The first-order valence-electron chi connectivity index (χ1n) is 6.70. The number of carbonyl (C=O) groups excluding carboxylic acids is 1. The SMILES string of the molecule is O=C(CCCCS)NCCC1CCCCC1. The lowest BCUT2D eigenvalue weighted by molar-refractivity contribution is -0.121. The van der Waals surface area contributed by atoms with E-state index in [4.69, 9.17) is 0 Å². The minimum atomic E-state index is 0.220. The minimum Gasteiger partial charge on any atom is -0.356 e. The molecule has 0 bridgehead atoms. The molecule has 3 heteroatoms. The third kappa shape index (κ3) is 6.41. The number of nitrogens with one attached hydrogen (secondary N) is 1. The van der Waals surface area contributed by atoms with Crippen LogP contribution in [0.3, 0.4) is 0 Å². The van der Waals surface area contributed by atoms with E-state index in [-0.39, 0.29) is 5.91 Å². The monoisotopic (exact) mass is 243 g/mol. The van der Waals surface area contributed by atoms with Gasteiger partial charge in [-0.2, -0.15) is 12.6 Å². The molecular weight excluding hydrogens is 218 g/mol. The van der Waals surface area contributed by atoms with Crippen LogP contribution in [0.15, 0.2) is 0 Å². The molecule has 0 unspecified atom stereocenters. The summed E-state index contributed by atoms with van der Waals surface area (Å²) >= 11 is 4.13. The maximum atomic E-state index is 11.4. The van der Waals surface area contributed by atoms with E-state index in [1.54, 1.807) is 0 Å². The topological polar surface area (TPSA) is 29.1 Å². The van der Waals surface area contributed by atoms with Gasteiger partial charge in [0.05, 0.1) is 0 Å². The number of unbranched alkanes of at least 4 members (excludes halogenated alkanes) is 1. The predicted octanol–water partition coefficient (Wildman–Crippen LogP) is 3.17. The fourth-order valence-electron chi connectivity index (χ4n) is 2.38. The van der Waals surface area contributed by atoms with Crippen molar-refractivity contribution in [1.82, 2.24) is 5.32 Å². The van der Waals surface area contributed by atoms with Crippen LogP contribution in [-0.2, 0) is 4.79 Å². The molecule has 0 aromatic carbocycles. The lowest BCUT2D eigenvalue weighted by Gasteiger charge is -2.21. The van der Waals surface area contributed by atoms with Crippen molar-refractivity contribution in [2.24, 2.45) is 5.92 Å². The Labute approximate surface area is 105 Å². The summed E-state index contributed by atoms with van der Waals surface area (Å²) in [5.74, 6) is 1.97. The van der Waals surface area contributed by atoms with Crippen molar-refractivity contribution in [3.05, 3.63) is 0 Å². The molecule has 0 saturated heterocycles. The molecular formula is C13H25NOS. The molecule has 16 heavy (non-hydrogen) atoms. The van der Waals surface area contributed by atoms with Gasteiger partial charge in [0.25, 0.3) is 0 Å². The highest BCUT2D eigenvalue weighted by Gasteiger charge is 2.12. The molecule has 1 N–H and O–H groups in total. The second kappa shape index (κ2) is 8.91. The van der Waals surface area contributed by atoms with Gasteiger partial charge in [-0.3, -0.25) is 4.79 Å². The smallest absolute Gasteiger partial charge is 0.219 e. The summed E-state index contributed by atoms with van der Waals surface area (Å²) in [5.41, 5.74) is 0. The van der Waals surface area contributed by atoms with Crippen LogP contribution in [0.25, 0.3) is 0 Å². The van der Waals surface area contributed by atoms with Gasteiger partial charge in [-0.25, -0.2) is 0 Å². The van der Waals surface area contributed by atoms with Crippen LogP contribution < -0.4 is 5.32 Å². The van der Waals surface area contributed by atoms with E-state index < -0.39 is 0 Å². The van der Waals surface area contributed by atoms with E-state index >= 15 is 0 Å². The van der Waals surface area contributed by atoms with Gasteiger partial charge in [0.15, 0.2) is 0 Å². The van der Waals surface area contributed by atoms with Crippen LogP contribution in [-0.4, -0.2) is 18.2 Å². The molecule has 1 saturated carbocycles. The Balaban J connectivity index is 1.94. The zero-order valence-corrected chi connectivity index (χ0v) is 11.1. The summed E-state index contributed by atoms with van der Waals surface area (Å²) in [6.45, 7) is 0.879. The first kappa shape index (κ1) is 13.9. The van der Waals surface area contributed by atoms with E-state index in [1.807, 2.05) is 0 Å². The minimum absolute atomic E-state index is 0.220. The molecule has 0 aromatic rings. The first-order chi connectivity index (χ1) is 7.83. The van der Waals surface area contributed by atoms with Gasteiger partial charge < -0.3 is 5.32 Å². The zero-order valence-electron chi connectivity index (χ0n) is 10.2. The number of rotatable bonds is 7. The van der Waals surface area contributed by atoms with Crippen molar-refractivity contribution in [1.29, 1.82) is 0 Å². The van der Waals surface area contributed by atoms with Crippen LogP contribution in [0, 0.1) is 5.92 Å². The molecule has 0 spiro atoms. The first-order valence-corrected chi connectivity index (χ1v) is 7.33. The summed E-state index contributed by atoms with van der Waals surface area (Å²) in [6.07, 6.45) is 10.8. The molecule has 1 aliphatic rings. The summed E-state index contributed by atoms with van der Waals surface area (Å²) in [5, 5.41) is 3.02. The van der Waals surface area contributed by atoms with Crippen molar-refractivity contribution in [3.63, 3.8) is 0 Å². The molecule has 0 heterocycles. The Bertz CT molecular complexity index is 190. The van der Waals surface area contributed by atoms with E-state index in [0.717, 1.165) is 31.1 Å². The zero-order chi connectivity index (χ0) is 11.6. The molecule has 0 aromatic heterocycles. The molecule has 94 valence electrons. The molecule has 2 nitrogen and oxygen atoms in total. The summed E-state index contributed by atoms with van der Waals surface area (Å²) in [7, 11) is 0. The number of amides is 1. The van der Waals surface area contributed by atoms with Crippen molar-refractivity contribution >= 4 is 18.5 Å². The Kier molecular flexibility index (Phi) is 7.73. The Hall–Kier alpha value is -0.180. The molecule has 0 atom stereocenters. The van der Waals surface area contributed by atoms with E-state index in [9.17, 15) is 4.79 Å². The van der Waals surface area contributed by atoms with E-state index in [1.165, 1.54) is 38.5 Å². The quantitative estimate of drug-likeness (QED) is 0.522. The molecule has 0 aliphatic heterocycles. The number of thiol groups is 1. The highest BCUT2D eigenvalue weighted by molar-refractivity contribution is 7.80. The van der Waals surface area contributed by atoms with Gasteiger partial charge in [0.2, 0.25) is 5.91 Å². The van der Waals surface area contributed by atoms with E-state index in [2.05, 4.69) is 17.9 Å². The van der Waals surface area contributed by atoms with E-state index in [0.29, 0.717) is 6.42 Å². The summed E-state index contributed by atoms with van der Waals surface area (Å²) < 4.78 is 0. The standard InChI is InChI=1S/C13H25NOS/c15-13(8-4-5-11-16)14-10-9-12-6-2-1-3-7-12/h12,16H,1-11H2,(H,14,15). The third-order valence-electron chi connectivity index (χ3n) is 3.41. The molecule has 1 rings (SSSR count). The fraction of sp³-hybridized carbons (Fsp3) is 0.923. The van der Waals surface area contributed by atoms with Crippen LogP contribution >= 0.6 is 12.6 Å². The predicted molar refractivity (Wildman–Crippen MR) is 71.9 cm³/mol. The lowest BCUT2D eigenvalue weighted by Crippen LogP contribution is -2.26. The maximum Gasteiger partial charge on any atom is 0.219 e. The summed E-state index contributed by atoms with van der Waals surface area (Å²) in [4.78, 5) is 11.4. The largest absolute Gasteiger partial charge is 0.356 e. The van der Waals surface area contributed by atoms with Gasteiger partial charge in [-0.15, -0.1) is 0 Å². The van der Waals surface area contributed by atoms with Crippen molar-refractivity contribution < 1.29 is 4.79 Å². The van der Waals surface area contributed by atoms with Crippen LogP contribution in [0.2, 0.25) is 0 Å². The number of hydrogen-bond acceptors (Lipinski definition) is 2. The maximum absolute atomic E-state index is 11.4. The third-order valence-corrected chi connectivity index (χ3v) is 3.73. The summed E-state index contributed by atoms with van der Waals surface area (Å²) in [6, 6.07) is 0. The fourth-order valence-corrected chi connectivity index (χ4v) is 2.60. The Morgan fingerprint density at radius 1 is 1.19 bits per heavy atom. The lowest BCUT2D eigenvalue weighted by atomic mass is 9.87. The van der Waals surface area contributed by atoms with Gasteiger partial charge >= 0.3 is 0 Å². The van der Waals surface area contributed by atoms with Crippen LogP contribution in [0.1, 0.15) is 57.8 Å². The average Bonchev–Trinajstić information content (AvgIpc) is 2.31. The number of hydrogen-bond donors (Lipinski definition) is 2. The van der Waals surface area contributed by atoms with Crippen molar-refractivity contribution in [2.45, 2.75) is 57.8 Å². The molecule has 1 aliphatic carbocycles. The highest BCUT2D eigenvalue weighted by Crippen LogP contribution is 2.25. The van der Waals surface area contributed by atoms with Gasteiger partial charge in [-0.1, -0.05) is 32.1 Å². The number of carbonyl (C=O) groups is 1. The second-order valence-electron chi connectivity index (χ2n) is 4.82. The Morgan fingerprint density at radius 2 is 1.94 bits per heavy atom. The van der Waals surface area contributed by atoms with Gasteiger partial charge in [-0.05, 0) is 30.9 Å². The van der Waals surface area contributed by atoms with Crippen molar-refractivity contribution in [2.75, 3.05) is 12.3 Å². The molecule has 0 radical (unpaired) electrons. The second-order valence-corrected chi connectivity index (χ2v) is 5.27. The van der Waals surface area contributed by atoms with Gasteiger partial charge in [0.1, 0.15) is 0 Å². The van der Waals surface area contributed by atoms with Crippen LogP contribution in [0.4, 0.5) is 0 Å². The molecule has 1 fully saturated rings. The normalized spacial score (nSPS) is 17.3. The van der Waals surface area contributed by atoms with Crippen molar-refractivity contribution in [3.8, 4) is 0 Å². The van der Waals surface area contributed by atoms with Gasteiger partial charge in [0, 0.05) is 13.0 Å². The van der Waals surface area contributed by atoms with Crippen LogP contribution in [0.5, 0.6) is 0 Å². The average molecular weight is 243 g/mol. The Morgan fingerprint density at radius 3 is 2.62 bits per heavy atom. The highest BCUT2D eigenvalue weighted by atomic mass is 32.1.